The molecule has 2 rings (SSSR count). The molecule has 0 aliphatic heterocycles. The number of benzene rings is 1. The lowest BCUT2D eigenvalue weighted by Crippen LogP contribution is -2.11. The number of pyridine rings is 1. The Morgan fingerprint density at radius 3 is 2.50 bits per heavy atom. The molecule has 0 saturated heterocycles. The van der Waals surface area contributed by atoms with E-state index in [1.165, 1.54) is 18.2 Å². The zero-order valence-electron chi connectivity index (χ0n) is 8.82. The third-order valence-corrected chi connectivity index (χ3v) is 2.35. The molecule has 1 aromatic heterocycles. The first kappa shape index (κ1) is 12.2. The minimum atomic E-state index is -4.69. The molecule has 0 bridgehead atoms. The number of nitrogen functional groups attached to an aromatic ring is 1. The second-order valence-corrected chi connectivity index (χ2v) is 3.63. The first-order chi connectivity index (χ1) is 8.29. The molecule has 3 N–H and O–H groups in total. The number of aromatic nitrogens is 1. The summed E-state index contributed by atoms with van der Waals surface area (Å²) in [6.45, 7) is 0. The summed E-state index contributed by atoms with van der Waals surface area (Å²) in [7, 11) is 0. The summed E-state index contributed by atoms with van der Waals surface area (Å²) < 4.78 is 37.7. The van der Waals surface area contributed by atoms with Crippen molar-refractivity contribution in [3.8, 4) is 0 Å². The Hall–Kier alpha value is -2.31. The van der Waals surface area contributed by atoms with Crippen molar-refractivity contribution < 1.29 is 23.1 Å². The monoisotopic (exact) mass is 256 g/mol. The van der Waals surface area contributed by atoms with Gasteiger partial charge in [-0.15, -0.1) is 0 Å². The summed E-state index contributed by atoms with van der Waals surface area (Å²) in [5.74, 6) is -1.46. The van der Waals surface area contributed by atoms with Crippen molar-refractivity contribution >= 4 is 22.6 Å². The van der Waals surface area contributed by atoms with Crippen molar-refractivity contribution in [3.63, 3.8) is 0 Å². The van der Waals surface area contributed by atoms with Gasteiger partial charge in [0, 0.05) is 11.1 Å². The van der Waals surface area contributed by atoms with E-state index in [0.717, 1.165) is 0 Å². The third kappa shape index (κ3) is 2.06. The van der Waals surface area contributed by atoms with E-state index in [1.807, 2.05) is 0 Å². The quantitative estimate of drug-likeness (QED) is 0.768. The fourth-order valence-corrected chi connectivity index (χ4v) is 1.57. The molecule has 0 aliphatic rings. The Balaban J connectivity index is 2.83. The van der Waals surface area contributed by atoms with Gasteiger partial charge in [-0.05, 0) is 24.3 Å². The van der Waals surface area contributed by atoms with Crippen LogP contribution in [0.25, 0.3) is 10.9 Å². The maximum atomic E-state index is 12.6. The van der Waals surface area contributed by atoms with Crippen LogP contribution in [-0.2, 0) is 6.18 Å². The lowest BCUT2D eigenvalue weighted by molar-refractivity contribution is -0.140. The van der Waals surface area contributed by atoms with Crippen LogP contribution in [0.3, 0.4) is 0 Å². The van der Waals surface area contributed by atoms with E-state index in [4.69, 9.17) is 10.8 Å². The van der Waals surface area contributed by atoms with Crippen LogP contribution in [0.2, 0.25) is 0 Å². The topological polar surface area (TPSA) is 76.2 Å². The minimum absolute atomic E-state index is 0.0589. The maximum Gasteiger partial charge on any atom is 0.433 e. The van der Waals surface area contributed by atoms with Gasteiger partial charge in [0.2, 0.25) is 0 Å². The number of nitrogens with two attached hydrogens (primary N) is 1. The Morgan fingerprint density at radius 2 is 1.94 bits per heavy atom. The molecule has 2 aromatic rings. The SMILES string of the molecule is Nc1ccc2nc(C(F)(F)F)cc(C(=O)O)c2c1. The molecule has 0 fully saturated rings. The number of alkyl halides is 3. The van der Waals surface area contributed by atoms with Crippen LogP contribution in [0, 0.1) is 0 Å². The highest BCUT2D eigenvalue weighted by molar-refractivity contribution is 6.03. The maximum absolute atomic E-state index is 12.6. The average molecular weight is 256 g/mol. The van der Waals surface area contributed by atoms with Gasteiger partial charge in [0.15, 0.2) is 0 Å². The number of anilines is 1. The summed E-state index contributed by atoms with van der Waals surface area (Å²) in [6.07, 6.45) is -4.69. The summed E-state index contributed by atoms with van der Waals surface area (Å²) in [4.78, 5) is 14.4. The molecule has 94 valence electrons. The number of rotatable bonds is 1. The first-order valence-corrected chi connectivity index (χ1v) is 4.80. The first-order valence-electron chi connectivity index (χ1n) is 4.80. The van der Waals surface area contributed by atoms with E-state index >= 15 is 0 Å². The van der Waals surface area contributed by atoms with Crippen LogP contribution in [-0.4, -0.2) is 16.1 Å². The summed E-state index contributed by atoms with van der Waals surface area (Å²) in [5.41, 5.74) is 3.96. The van der Waals surface area contributed by atoms with E-state index < -0.39 is 23.4 Å². The molecule has 4 nitrogen and oxygen atoms in total. The van der Waals surface area contributed by atoms with Gasteiger partial charge >= 0.3 is 12.1 Å². The molecule has 0 spiro atoms. The Bertz CT molecular complexity index is 638. The normalized spacial score (nSPS) is 11.7. The van der Waals surface area contributed by atoms with E-state index in [0.29, 0.717) is 6.07 Å². The van der Waals surface area contributed by atoms with Gasteiger partial charge in [-0.1, -0.05) is 0 Å². The van der Waals surface area contributed by atoms with Crippen LogP contribution >= 0.6 is 0 Å². The van der Waals surface area contributed by atoms with Crippen molar-refractivity contribution in [2.45, 2.75) is 6.18 Å². The van der Waals surface area contributed by atoms with E-state index in [1.54, 1.807) is 0 Å². The fraction of sp³-hybridized carbons (Fsp3) is 0.0909. The van der Waals surface area contributed by atoms with E-state index in [2.05, 4.69) is 4.98 Å². The van der Waals surface area contributed by atoms with Gasteiger partial charge in [0.05, 0.1) is 11.1 Å². The number of hydrogen-bond donors (Lipinski definition) is 2. The highest BCUT2D eigenvalue weighted by atomic mass is 19.4. The average Bonchev–Trinajstić information content (AvgIpc) is 2.25. The predicted octanol–water partition coefficient (Wildman–Crippen LogP) is 2.53. The Labute approximate surface area is 98.9 Å². The van der Waals surface area contributed by atoms with Gasteiger partial charge in [-0.3, -0.25) is 0 Å². The second-order valence-electron chi connectivity index (χ2n) is 3.63. The van der Waals surface area contributed by atoms with Gasteiger partial charge < -0.3 is 10.8 Å². The van der Waals surface area contributed by atoms with Crippen molar-refractivity contribution in [2.75, 3.05) is 5.73 Å². The molecule has 18 heavy (non-hydrogen) atoms. The van der Waals surface area contributed by atoms with Crippen LogP contribution in [0.1, 0.15) is 16.1 Å². The van der Waals surface area contributed by atoms with E-state index in [-0.39, 0.29) is 16.6 Å². The fourth-order valence-electron chi connectivity index (χ4n) is 1.57. The molecule has 0 amide bonds. The van der Waals surface area contributed by atoms with Gasteiger partial charge in [-0.25, -0.2) is 9.78 Å². The zero-order valence-corrected chi connectivity index (χ0v) is 8.82. The number of halogens is 3. The highest BCUT2D eigenvalue weighted by Gasteiger charge is 2.34. The molecule has 0 atom stereocenters. The highest BCUT2D eigenvalue weighted by Crippen LogP contribution is 2.31. The molecular formula is C11H7F3N2O2. The molecule has 0 unspecified atom stereocenters. The van der Waals surface area contributed by atoms with Crippen molar-refractivity contribution in [1.29, 1.82) is 0 Å². The molecule has 0 saturated carbocycles. The van der Waals surface area contributed by atoms with E-state index in [9.17, 15) is 18.0 Å². The summed E-state index contributed by atoms with van der Waals surface area (Å²) in [6, 6.07) is 4.41. The molecule has 1 heterocycles. The number of nitrogens with zero attached hydrogens (tertiary/aromatic N) is 1. The van der Waals surface area contributed by atoms with Crippen molar-refractivity contribution in [3.05, 3.63) is 35.5 Å². The molecule has 0 radical (unpaired) electrons. The summed E-state index contributed by atoms with van der Waals surface area (Å²) in [5, 5.41) is 9.01. The van der Waals surface area contributed by atoms with Crippen LogP contribution in [0.4, 0.5) is 18.9 Å². The van der Waals surface area contributed by atoms with Gasteiger partial charge in [0.1, 0.15) is 5.69 Å². The number of carboxylic acid groups (broad SMARTS) is 1. The smallest absolute Gasteiger partial charge is 0.433 e. The molecular weight excluding hydrogens is 249 g/mol. The third-order valence-electron chi connectivity index (χ3n) is 2.35. The minimum Gasteiger partial charge on any atom is -0.478 e. The predicted molar refractivity (Wildman–Crippen MR) is 58.1 cm³/mol. The van der Waals surface area contributed by atoms with Crippen LogP contribution in [0.5, 0.6) is 0 Å². The van der Waals surface area contributed by atoms with Crippen LogP contribution < -0.4 is 5.73 Å². The molecule has 0 aliphatic carbocycles. The molecule has 7 heteroatoms. The lowest BCUT2D eigenvalue weighted by atomic mass is 10.1. The zero-order chi connectivity index (χ0) is 13.5. The second kappa shape index (κ2) is 3.86. The Kier molecular flexibility index (Phi) is 2.61. The Morgan fingerprint density at radius 1 is 1.28 bits per heavy atom. The van der Waals surface area contributed by atoms with Crippen molar-refractivity contribution in [1.82, 2.24) is 4.98 Å². The number of hydrogen-bond acceptors (Lipinski definition) is 3. The molecule has 1 aromatic carbocycles. The number of fused-ring (bicyclic) bond motifs is 1. The summed E-state index contributed by atoms with van der Waals surface area (Å²) >= 11 is 0. The largest absolute Gasteiger partial charge is 0.478 e. The number of carbonyl (C=O) groups is 1. The number of carboxylic acids is 1. The van der Waals surface area contributed by atoms with Crippen LogP contribution in [0.15, 0.2) is 24.3 Å². The standard InChI is InChI=1S/C11H7F3N2O2/c12-11(13,14)9-4-7(10(17)18)6-3-5(15)1-2-8(6)16-9/h1-4H,15H2,(H,17,18). The number of aromatic carboxylic acids is 1. The van der Waals surface area contributed by atoms with Gasteiger partial charge in [-0.2, -0.15) is 13.2 Å². The lowest BCUT2D eigenvalue weighted by Gasteiger charge is -2.09. The van der Waals surface area contributed by atoms with Crippen molar-refractivity contribution in [2.24, 2.45) is 0 Å². The van der Waals surface area contributed by atoms with Gasteiger partial charge in [0.25, 0.3) is 0 Å².